The number of aromatic nitrogens is 1. The Morgan fingerprint density at radius 1 is 0.820 bits per heavy atom. The van der Waals surface area contributed by atoms with Crippen LogP contribution in [0.25, 0.3) is 10.2 Å². The van der Waals surface area contributed by atoms with Crippen LogP contribution in [0.4, 0.5) is 14.7 Å². The smallest absolute Gasteiger partial charge is 0.426 e. The third-order valence-corrected chi connectivity index (χ3v) is 13.5. The summed E-state index contributed by atoms with van der Waals surface area (Å²) in [6, 6.07) is 23.6. The second kappa shape index (κ2) is 14.6. The molecule has 4 rings (SSSR count). The van der Waals surface area contributed by atoms with E-state index in [0.717, 1.165) is 32.9 Å². The number of imide groups is 1. The normalized spacial score (nSPS) is 12.5. The number of carbonyl (C=O) groups is 2. The lowest BCUT2D eigenvalue weighted by atomic mass is 10.2. The number of fused-ring (bicyclic) bond motifs is 1. The van der Waals surface area contributed by atoms with Crippen molar-refractivity contribution in [1.29, 1.82) is 0 Å². The number of hydrogen-bond acceptors (Lipinski definition) is 10. The van der Waals surface area contributed by atoms with E-state index in [1.165, 1.54) is 0 Å². The molecule has 0 N–H and O–H groups in total. The number of nitrogens with zero attached hydrogens (tertiary/aromatic N) is 2. The molecule has 0 atom stereocenters. The van der Waals surface area contributed by atoms with Gasteiger partial charge in [0, 0.05) is 5.56 Å². The van der Waals surface area contributed by atoms with Gasteiger partial charge in [-0.05, 0) is 69.1 Å². The Morgan fingerprint density at radius 3 is 1.76 bits per heavy atom. The maximum absolute atomic E-state index is 13.6. The number of anilines is 1. The molecule has 13 heteroatoms. The lowest BCUT2D eigenvalue weighted by molar-refractivity contribution is 0.0430. The molecule has 0 spiro atoms. The van der Waals surface area contributed by atoms with Gasteiger partial charge in [0.05, 0.1) is 11.0 Å². The molecular weight excluding hydrogens is 693 g/mol. The molecule has 50 heavy (non-hydrogen) atoms. The molecule has 4 aromatic rings. The predicted molar refractivity (Wildman–Crippen MR) is 200 cm³/mol. The Hall–Kier alpha value is -4.22. The standard InChI is InChI=1S/C37H44N2O8S2Si/c1-35(2,3)45-33(40)39(34(41)46-36(4,5)6)32-38-31-29(24-26(25-30(31)48-32)18-17-23-44-49(10,42)43)47-50(37(7,8)9,27-19-13-11-14-20-27)28-21-15-12-16-22-28/h11-16,19-22,24-25H,23H2,1-10H3. The average Bonchev–Trinajstić information content (AvgIpc) is 3.39. The number of carbonyl (C=O) groups excluding carboxylic acids is 2. The highest BCUT2D eigenvalue weighted by Crippen LogP contribution is 2.42. The van der Waals surface area contributed by atoms with E-state index < -0.39 is 46.9 Å². The quantitative estimate of drug-likeness (QED) is 0.110. The van der Waals surface area contributed by atoms with Gasteiger partial charge in [-0.2, -0.15) is 13.3 Å². The monoisotopic (exact) mass is 736 g/mol. The average molecular weight is 737 g/mol. The summed E-state index contributed by atoms with van der Waals surface area (Å²) >= 11 is 1.06. The SMILES string of the molecule is CC(C)(C)OC(=O)N(C(=O)OC(C)(C)C)c1nc2c(O[Si](c3ccccc3)(c3ccccc3)C(C)(C)C)cc(C#CCOS(C)(=O)=O)cc2s1. The van der Waals surface area contributed by atoms with Gasteiger partial charge in [-0.3, -0.25) is 4.18 Å². The summed E-state index contributed by atoms with van der Waals surface area (Å²) in [5.74, 6) is 6.11. The van der Waals surface area contributed by atoms with Gasteiger partial charge in [0.2, 0.25) is 5.13 Å². The fourth-order valence-electron chi connectivity index (χ4n) is 5.17. The van der Waals surface area contributed by atoms with E-state index in [4.69, 9.17) is 23.1 Å². The first kappa shape index (κ1) is 38.6. The van der Waals surface area contributed by atoms with Gasteiger partial charge in [0.15, 0.2) is 0 Å². The highest BCUT2D eigenvalue weighted by molar-refractivity contribution is 7.86. The van der Waals surface area contributed by atoms with Gasteiger partial charge < -0.3 is 13.9 Å². The van der Waals surface area contributed by atoms with Crippen molar-refractivity contribution in [3.8, 4) is 17.6 Å². The fraction of sp³-hybridized carbons (Fsp3) is 0.378. The Labute approximate surface area is 300 Å². The van der Waals surface area contributed by atoms with Crippen LogP contribution in [0.1, 0.15) is 67.9 Å². The first-order chi connectivity index (χ1) is 23.1. The minimum atomic E-state index is -3.69. The summed E-state index contributed by atoms with van der Waals surface area (Å²) in [5, 5.41) is 1.64. The van der Waals surface area contributed by atoms with Crippen LogP contribution in [0.5, 0.6) is 5.75 Å². The van der Waals surface area contributed by atoms with Crippen LogP contribution in [0.15, 0.2) is 72.8 Å². The summed E-state index contributed by atoms with van der Waals surface area (Å²) in [5.41, 5.74) is -0.947. The molecule has 2 amide bonds. The van der Waals surface area contributed by atoms with Crippen molar-refractivity contribution in [3.05, 3.63) is 78.4 Å². The second-order valence-corrected chi connectivity index (χ2v) is 21.5. The predicted octanol–water partition coefficient (Wildman–Crippen LogP) is 7.24. The minimum Gasteiger partial charge on any atom is -0.532 e. The summed E-state index contributed by atoms with van der Waals surface area (Å²) < 4.78 is 47.1. The molecule has 3 aromatic carbocycles. The number of thiazole rings is 1. The maximum Gasteiger partial charge on any atom is 0.426 e. The third kappa shape index (κ3) is 9.51. The van der Waals surface area contributed by atoms with Crippen LogP contribution in [0.2, 0.25) is 5.04 Å². The van der Waals surface area contributed by atoms with Gasteiger partial charge in [-0.25, -0.2) is 14.6 Å². The van der Waals surface area contributed by atoms with Crippen LogP contribution < -0.4 is 19.7 Å². The molecule has 0 saturated carbocycles. The summed E-state index contributed by atoms with van der Waals surface area (Å²) in [7, 11) is -6.90. The molecule has 0 unspecified atom stereocenters. The fourth-order valence-corrected chi connectivity index (χ4v) is 10.9. The van der Waals surface area contributed by atoms with Gasteiger partial charge >= 0.3 is 20.5 Å². The van der Waals surface area contributed by atoms with Gasteiger partial charge in [0.1, 0.15) is 29.1 Å². The molecule has 266 valence electrons. The molecule has 0 aliphatic heterocycles. The van der Waals surface area contributed by atoms with Crippen molar-refractivity contribution in [2.24, 2.45) is 0 Å². The summed E-state index contributed by atoms with van der Waals surface area (Å²) in [6.07, 6.45) is -0.937. The Balaban J connectivity index is 2.01. The summed E-state index contributed by atoms with van der Waals surface area (Å²) in [6.45, 7) is 16.3. The number of amides is 2. The van der Waals surface area contributed by atoms with E-state index in [-0.39, 0.29) is 11.7 Å². The van der Waals surface area contributed by atoms with Crippen LogP contribution in [-0.2, 0) is 23.8 Å². The van der Waals surface area contributed by atoms with E-state index in [9.17, 15) is 18.0 Å². The van der Waals surface area contributed by atoms with Crippen LogP contribution in [-0.4, -0.2) is 58.0 Å². The molecule has 0 aliphatic carbocycles. The first-order valence-corrected chi connectivity index (χ1v) is 20.5. The van der Waals surface area contributed by atoms with Crippen molar-refractivity contribution in [1.82, 2.24) is 4.98 Å². The molecule has 0 bridgehead atoms. The zero-order valence-corrected chi connectivity index (χ0v) is 32.7. The number of ether oxygens (including phenoxy) is 2. The minimum absolute atomic E-state index is 0.0151. The zero-order valence-electron chi connectivity index (χ0n) is 30.1. The molecule has 1 heterocycles. The highest BCUT2D eigenvalue weighted by atomic mass is 32.2. The Kier molecular flexibility index (Phi) is 11.2. The number of hydrogen-bond donors (Lipinski definition) is 0. The third-order valence-electron chi connectivity index (χ3n) is 7.05. The lowest BCUT2D eigenvalue weighted by Gasteiger charge is -2.43. The van der Waals surface area contributed by atoms with Crippen LogP contribution >= 0.6 is 11.3 Å². The van der Waals surface area contributed by atoms with Crippen molar-refractivity contribution in [3.63, 3.8) is 0 Å². The molecular formula is C37H44N2O8S2Si. The Morgan fingerprint density at radius 2 is 1.32 bits per heavy atom. The van der Waals surface area contributed by atoms with E-state index in [2.05, 4.69) is 56.9 Å². The van der Waals surface area contributed by atoms with E-state index in [0.29, 0.717) is 21.5 Å². The molecule has 0 radical (unpaired) electrons. The molecule has 0 fully saturated rings. The number of rotatable bonds is 7. The summed E-state index contributed by atoms with van der Waals surface area (Å²) in [4.78, 5) is 32.7. The topological polar surface area (TPSA) is 121 Å². The number of benzene rings is 3. The van der Waals surface area contributed by atoms with E-state index in [1.807, 2.05) is 36.4 Å². The maximum atomic E-state index is 13.6. The molecule has 10 nitrogen and oxygen atoms in total. The van der Waals surface area contributed by atoms with Crippen LogP contribution in [0, 0.1) is 11.8 Å². The van der Waals surface area contributed by atoms with Gasteiger partial charge in [0.25, 0.3) is 10.1 Å². The van der Waals surface area contributed by atoms with Crippen molar-refractivity contribution >= 4 is 67.7 Å². The van der Waals surface area contributed by atoms with Crippen molar-refractivity contribution in [2.75, 3.05) is 17.8 Å². The Bertz CT molecular complexity index is 1950. The molecule has 1 aromatic heterocycles. The zero-order chi connectivity index (χ0) is 37.1. The van der Waals surface area contributed by atoms with E-state index in [1.54, 1.807) is 53.7 Å². The first-order valence-electron chi connectivity index (χ1n) is 15.9. The van der Waals surface area contributed by atoms with Crippen molar-refractivity contribution in [2.45, 2.75) is 78.6 Å². The molecule has 0 aliphatic rings. The highest BCUT2D eigenvalue weighted by Gasteiger charge is 2.52. The van der Waals surface area contributed by atoms with Gasteiger partial charge in [-0.1, -0.05) is 105 Å². The van der Waals surface area contributed by atoms with Crippen molar-refractivity contribution < 1.29 is 36.1 Å². The largest absolute Gasteiger partial charge is 0.532 e. The second-order valence-electron chi connectivity index (χ2n) is 14.6. The lowest BCUT2D eigenvalue weighted by Crippen LogP contribution is -2.68. The van der Waals surface area contributed by atoms with Crippen LogP contribution in [0.3, 0.4) is 0 Å². The van der Waals surface area contributed by atoms with E-state index >= 15 is 0 Å². The molecule has 0 saturated heterocycles. The van der Waals surface area contributed by atoms with Gasteiger partial charge in [-0.15, -0.1) is 0 Å².